The van der Waals surface area contributed by atoms with E-state index in [1.165, 1.54) is 7.11 Å². The summed E-state index contributed by atoms with van der Waals surface area (Å²) in [5.41, 5.74) is 6.29. The van der Waals surface area contributed by atoms with Gasteiger partial charge in [0, 0.05) is 0 Å². The standard InChI is InChI=1S/C11H9IN2O2S/c1-16-9-4-6(3-8(12)10(9)15)2-7(5-13)11(14)17/h2-4,15H,1H3,(H2,14,17). The summed E-state index contributed by atoms with van der Waals surface area (Å²) in [6.45, 7) is 0. The summed E-state index contributed by atoms with van der Waals surface area (Å²) < 4.78 is 5.63. The van der Waals surface area contributed by atoms with Crippen LogP contribution in [0.25, 0.3) is 6.08 Å². The molecule has 88 valence electrons. The van der Waals surface area contributed by atoms with Crippen LogP contribution in [0.5, 0.6) is 11.5 Å². The Labute approximate surface area is 118 Å². The highest BCUT2D eigenvalue weighted by atomic mass is 127. The lowest BCUT2D eigenvalue weighted by Crippen LogP contribution is -2.09. The molecule has 0 heterocycles. The molecule has 3 N–H and O–H groups in total. The van der Waals surface area contributed by atoms with E-state index < -0.39 is 0 Å². The van der Waals surface area contributed by atoms with E-state index in [4.69, 9.17) is 28.0 Å². The van der Waals surface area contributed by atoms with Gasteiger partial charge in [-0.15, -0.1) is 0 Å². The number of thiocarbonyl (C=S) groups is 1. The second-order valence-corrected chi connectivity index (χ2v) is 4.69. The lowest BCUT2D eigenvalue weighted by molar-refractivity contribution is 0.371. The molecule has 0 spiro atoms. The van der Waals surface area contributed by atoms with Crippen LogP contribution in [-0.4, -0.2) is 17.2 Å². The van der Waals surface area contributed by atoms with Crippen LogP contribution in [-0.2, 0) is 0 Å². The van der Waals surface area contributed by atoms with E-state index in [2.05, 4.69) is 0 Å². The number of phenols is 1. The van der Waals surface area contributed by atoms with Gasteiger partial charge in [-0.25, -0.2) is 0 Å². The van der Waals surface area contributed by atoms with Crippen molar-refractivity contribution in [2.24, 2.45) is 5.73 Å². The Morgan fingerprint density at radius 2 is 2.29 bits per heavy atom. The van der Waals surface area contributed by atoms with Crippen LogP contribution in [0.2, 0.25) is 0 Å². The molecule has 0 saturated heterocycles. The van der Waals surface area contributed by atoms with Crippen LogP contribution >= 0.6 is 34.8 Å². The number of rotatable bonds is 3. The van der Waals surface area contributed by atoms with Gasteiger partial charge in [-0.2, -0.15) is 5.26 Å². The maximum Gasteiger partial charge on any atom is 0.171 e. The van der Waals surface area contributed by atoms with Gasteiger partial charge in [-0.05, 0) is 46.4 Å². The minimum Gasteiger partial charge on any atom is -0.504 e. The summed E-state index contributed by atoms with van der Waals surface area (Å²) in [6, 6.07) is 5.22. The van der Waals surface area contributed by atoms with Crippen molar-refractivity contribution in [3.8, 4) is 17.6 Å². The Bertz CT molecular complexity index is 535. The third-order valence-electron chi connectivity index (χ3n) is 1.97. The predicted octanol–water partition coefficient (Wildman–Crippen LogP) is 2.20. The molecule has 0 fully saturated rings. The molecule has 0 aliphatic rings. The molecule has 0 amide bonds. The second kappa shape index (κ2) is 5.84. The molecule has 0 atom stereocenters. The molecule has 0 aromatic heterocycles. The van der Waals surface area contributed by atoms with E-state index in [1.807, 2.05) is 28.7 Å². The topological polar surface area (TPSA) is 79.3 Å². The molecular formula is C11H9IN2O2S. The van der Waals surface area contributed by atoms with Gasteiger partial charge < -0.3 is 15.6 Å². The zero-order chi connectivity index (χ0) is 13.0. The highest BCUT2D eigenvalue weighted by Crippen LogP contribution is 2.33. The van der Waals surface area contributed by atoms with E-state index >= 15 is 0 Å². The number of nitrogens with two attached hydrogens (primary N) is 1. The summed E-state index contributed by atoms with van der Waals surface area (Å²) in [7, 11) is 1.46. The summed E-state index contributed by atoms with van der Waals surface area (Å²) in [5.74, 6) is 0.405. The molecule has 0 saturated carbocycles. The van der Waals surface area contributed by atoms with Crippen LogP contribution < -0.4 is 10.5 Å². The number of methoxy groups -OCH3 is 1. The van der Waals surface area contributed by atoms with Gasteiger partial charge in [0.2, 0.25) is 0 Å². The van der Waals surface area contributed by atoms with Crippen molar-refractivity contribution in [2.75, 3.05) is 7.11 Å². The highest BCUT2D eigenvalue weighted by Gasteiger charge is 2.08. The first-order chi connectivity index (χ1) is 7.99. The van der Waals surface area contributed by atoms with E-state index in [0.717, 1.165) is 0 Å². The average Bonchev–Trinajstić information content (AvgIpc) is 2.29. The van der Waals surface area contributed by atoms with E-state index in [1.54, 1.807) is 18.2 Å². The molecule has 1 aromatic carbocycles. The van der Waals surface area contributed by atoms with Gasteiger partial charge in [0.1, 0.15) is 11.1 Å². The van der Waals surface area contributed by atoms with Crippen molar-refractivity contribution in [1.82, 2.24) is 0 Å². The number of benzene rings is 1. The van der Waals surface area contributed by atoms with Crippen LogP contribution in [0, 0.1) is 14.9 Å². The molecule has 6 heteroatoms. The van der Waals surface area contributed by atoms with Crippen LogP contribution in [0.4, 0.5) is 0 Å². The maximum absolute atomic E-state index is 9.65. The number of nitrogens with zero attached hydrogens (tertiary/aromatic N) is 1. The smallest absolute Gasteiger partial charge is 0.171 e. The van der Waals surface area contributed by atoms with Gasteiger partial charge in [0.05, 0.1) is 16.3 Å². The van der Waals surface area contributed by atoms with Gasteiger partial charge >= 0.3 is 0 Å². The zero-order valence-electron chi connectivity index (χ0n) is 8.90. The lowest BCUT2D eigenvalue weighted by Gasteiger charge is -2.06. The Kier molecular flexibility index (Phi) is 4.72. The molecule has 0 bridgehead atoms. The fourth-order valence-corrected chi connectivity index (χ4v) is 1.89. The number of hydrogen-bond donors (Lipinski definition) is 2. The lowest BCUT2D eigenvalue weighted by atomic mass is 10.1. The first kappa shape index (κ1) is 13.7. The highest BCUT2D eigenvalue weighted by molar-refractivity contribution is 14.1. The predicted molar refractivity (Wildman–Crippen MR) is 77.8 cm³/mol. The fraction of sp³-hybridized carbons (Fsp3) is 0.0909. The molecule has 0 aliphatic carbocycles. The summed E-state index contributed by atoms with van der Waals surface area (Å²) in [6.07, 6.45) is 1.55. The van der Waals surface area contributed by atoms with Crippen LogP contribution in [0.1, 0.15) is 5.56 Å². The molecule has 1 aromatic rings. The van der Waals surface area contributed by atoms with E-state index in [0.29, 0.717) is 14.9 Å². The Hall–Kier alpha value is -1.33. The molecule has 0 unspecified atom stereocenters. The van der Waals surface area contributed by atoms with Crippen molar-refractivity contribution < 1.29 is 9.84 Å². The zero-order valence-corrected chi connectivity index (χ0v) is 11.9. The molecule has 1 rings (SSSR count). The maximum atomic E-state index is 9.65. The Balaban J connectivity index is 3.30. The van der Waals surface area contributed by atoms with Crippen LogP contribution in [0.3, 0.4) is 0 Å². The van der Waals surface area contributed by atoms with Gasteiger partial charge in [0.15, 0.2) is 11.5 Å². The normalized spacial score (nSPS) is 10.8. The minimum absolute atomic E-state index is 0.0366. The van der Waals surface area contributed by atoms with E-state index in [-0.39, 0.29) is 16.3 Å². The van der Waals surface area contributed by atoms with Crippen molar-refractivity contribution in [3.05, 3.63) is 26.8 Å². The third kappa shape index (κ3) is 3.31. The Morgan fingerprint density at radius 3 is 2.76 bits per heavy atom. The number of nitriles is 1. The number of halogens is 1. The quantitative estimate of drug-likeness (QED) is 0.374. The van der Waals surface area contributed by atoms with Crippen LogP contribution in [0.15, 0.2) is 17.7 Å². The molecule has 17 heavy (non-hydrogen) atoms. The molecule has 0 radical (unpaired) electrons. The number of phenolic OH excluding ortho intramolecular Hbond substituents is 1. The first-order valence-corrected chi connectivity index (χ1v) is 5.96. The molecule has 0 aliphatic heterocycles. The first-order valence-electron chi connectivity index (χ1n) is 4.47. The molecular weight excluding hydrogens is 351 g/mol. The van der Waals surface area contributed by atoms with Crippen molar-refractivity contribution >= 4 is 45.9 Å². The second-order valence-electron chi connectivity index (χ2n) is 3.09. The summed E-state index contributed by atoms with van der Waals surface area (Å²) in [4.78, 5) is 0.0366. The fourth-order valence-electron chi connectivity index (χ4n) is 1.16. The van der Waals surface area contributed by atoms with E-state index in [9.17, 15) is 5.11 Å². The molecule has 4 nitrogen and oxygen atoms in total. The van der Waals surface area contributed by atoms with Crippen molar-refractivity contribution in [3.63, 3.8) is 0 Å². The number of hydrogen-bond acceptors (Lipinski definition) is 4. The average molecular weight is 360 g/mol. The van der Waals surface area contributed by atoms with Crippen molar-refractivity contribution in [1.29, 1.82) is 5.26 Å². The van der Waals surface area contributed by atoms with Gasteiger partial charge in [-0.3, -0.25) is 0 Å². The minimum atomic E-state index is 0.0366. The van der Waals surface area contributed by atoms with Crippen molar-refractivity contribution in [2.45, 2.75) is 0 Å². The largest absolute Gasteiger partial charge is 0.504 e. The Morgan fingerprint density at radius 1 is 1.65 bits per heavy atom. The summed E-state index contributed by atoms with van der Waals surface area (Å²) >= 11 is 6.71. The van der Waals surface area contributed by atoms with Gasteiger partial charge in [0.25, 0.3) is 0 Å². The van der Waals surface area contributed by atoms with Gasteiger partial charge in [-0.1, -0.05) is 12.2 Å². The summed E-state index contributed by atoms with van der Waals surface area (Å²) in [5, 5.41) is 18.5. The SMILES string of the molecule is COc1cc(C=C(C#N)C(N)=S)cc(I)c1O. The monoisotopic (exact) mass is 360 g/mol. The number of aromatic hydroxyl groups is 1. The number of ether oxygens (including phenoxy) is 1. The third-order valence-corrected chi connectivity index (χ3v) is 3.01.